The highest BCUT2D eigenvalue weighted by Gasteiger charge is 2.29. The van der Waals surface area contributed by atoms with Crippen molar-refractivity contribution in [3.05, 3.63) is 21.4 Å². The van der Waals surface area contributed by atoms with Crippen molar-refractivity contribution >= 4 is 23.2 Å². The normalized spacial score (nSPS) is 18.0. The minimum Gasteiger partial charge on any atom is -0.348 e. The molecule has 1 fully saturated rings. The summed E-state index contributed by atoms with van der Waals surface area (Å²) >= 11 is 1.75. The molecule has 140 valence electrons. The predicted molar refractivity (Wildman–Crippen MR) is 104 cm³/mol. The van der Waals surface area contributed by atoms with Crippen molar-refractivity contribution in [1.82, 2.24) is 10.6 Å². The lowest BCUT2D eigenvalue weighted by atomic mass is 9.88. The van der Waals surface area contributed by atoms with E-state index >= 15 is 0 Å². The Bertz CT molecular complexity index is 603. The molecule has 1 aromatic rings. The fourth-order valence-corrected chi connectivity index (χ4v) is 4.65. The van der Waals surface area contributed by atoms with Gasteiger partial charge in [-0.1, -0.05) is 33.1 Å². The Morgan fingerprint density at radius 2 is 1.72 bits per heavy atom. The van der Waals surface area contributed by atoms with Crippen LogP contribution in [-0.4, -0.2) is 17.9 Å². The van der Waals surface area contributed by atoms with E-state index in [4.69, 9.17) is 0 Å². The fourth-order valence-electron chi connectivity index (χ4n) is 3.63. The van der Waals surface area contributed by atoms with Crippen LogP contribution < -0.4 is 10.6 Å². The molecule has 1 heterocycles. The van der Waals surface area contributed by atoms with Crippen LogP contribution in [-0.2, 0) is 9.59 Å². The quantitative estimate of drug-likeness (QED) is 0.792. The molecule has 1 aliphatic carbocycles. The van der Waals surface area contributed by atoms with E-state index in [-0.39, 0.29) is 29.7 Å². The average Bonchev–Trinajstić information content (AvgIpc) is 2.91. The molecule has 5 heteroatoms. The second-order valence-corrected chi connectivity index (χ2v) is 9.12. The van der Waals surface area contributed by atoms with Crippen molar-refractivity contribution in [2.45, 2.75) is 78.8 Å². The van der Waals surface area contributed by atoms with Crippen molar-refractivity contribution in [2.24, 2.45) is 11.8 Å². The third-order valence-corrected chi connectivity index (χ3v) is 6.11. The van der Waals surface area contributed by atoms with E-state index in [9.17, 15) is 9.59 Å². The lowest BCUT2D eigenvalue weighted by molar-refractivity contribution is -0.133. The van der Waals surface area contributed by atoms with E-state index in [0.717, 1.165) is 31.2 Å². The Morgan fingerprint density at radius 3 is 2.24 bits per heavy atom. The molecule has 0 saturated heterocycles. The summed E-state index contributed by atoms with van der Waals surface area (Å²) in [7, 11) is 0. The van der Waals surface area contributed by atoms with Crippen LogP contribution in [0.25, 0.3) is 0 Å². The minimum absolute atomic E-state index is 0.0451. The van der Waals surface area contributed by atoms with Gasteiger partial charge in [0.15, 0.2) is 0 Å². The van der Waals surface area contributed by atoms with E-state index in [1.807, 2.05) is 20.8 Å². The van der Waals surface area contributed by atoms with Gasteiger partial charge in [-0.15, -0.1) is 11.3 Å². The molecular weight excluding hydrogens is 332 g/mol. The molecule has 0 bridgehead atoms. The van der Waals surface area contributed by atoms with Gasteiger partial charge in [0.2, 0.25) is 11.8 Å². The zero-order valence-electron chi connectivity index (χ0n) is 16.1. The predicted octanol–water partition coefficient (Wildman–Crippen LogP) is 4.26. The Hall–Kier alpha value is -1.36. The van der Waals surface area contributed by atoms with Gasteiger partial charge in [0, 0.05) is 15.7 Å². The van der Waals surface area contributed by atoms with Crippen molar-refractivity contribution in [3.8, 4) is 0 Å². The molecule has 1 saturated carbocycles. The van der Waals surface area contributed by atoms with Crippen LogP contribution in [0.2, 0.25) is 0 Å². The van der Waals surface area contributed by atoms with Gasteiger partial charge in [-0.25, -0.2) is 0 Å². The molecule has 2 N–H and O–H groups in total. The van der Waals surface area contributed by atoms with Gasteiger partial charge in [-0.2, -0.15) is 0 Å². The second kappa shape index (κ2) is 8.84. The summed E-state index contributed by atoms with van der Waals surface area (Å²) in [5.74, 6) is 0.0886. The van der Waals surface area contributed by atoms with E-state index in [2.05, 4.69) is 30.5 Å². The molecule has 0 radical (unpaired) electrons. The standard InChI is InChI=1S/C20H32N2O2S/c1-12(2)18(22-19(23)16-9-7-6-8-10-16)20(24)21-14(4)17-11-13(3)25-15(17)5/h11-12,14,16,18H,6-10H2,1-5H3,(H,21,24)(H,22,23). The molecule has 1 aromatic heterocycles. The van der Waals surface area contributed by atoms with Crippen molar-refractivity contribution in [2.75, 3.05) is 0 Å². The monoisotopic (exact) mass is 364 g/mol. The van der Waals surface area contributed by atoms with Gasteiger partial charge in [-0.3, -0.25) is 9.59 Å². The number of thiophene rings is 1. The summed E-state index contributed by atoms with van der Waals surface area (Å²) in [5, 5.41) is 6.11. The maximum atomic E-state index is 12.8. The molecular formula is C20H32N2O2S. The molecule has 2 rings (SSSR count). The summed E-state index contributed by atoms with van der Waals surface area (Å²) in [5.41, 5.74) is 1.16. The van der Waals surface area contributed by atoms with Crippen LogP contribution in [0.4, 0.5) is 0 Å². The highest BCUT2D eigenvalue weighted by molar-refractivity contribution is 7.12. The number of hydrogen-bond donors (Lipinski definition) is 2. The van der Waals surface area contributed by atoms with Gasteiger partial charge in [0.25, 0.3) is 0 Å². The number of carbonyl (C=O) groups excluding carboxylic acids is 2. The molecule has 4 nitrogen and oxygen atoms in total. The first kappa shape index (κ1) is 20.0. The fraction of sp³-hybridized carbons (Fsp3) is 0.700. The Balaban J connectivity index is 1.99. The lowest BCUT2D eigenvalue weighted by Gasteiger charge is -2.27. The molecule has 2 amide bonds. The van der Waals surface area contributed by atoms with Crippen LogP contribution in [0.5, 0.6) is 0 Å². The van der Waals surface area contributed by atoms with Gasteiger partial charge in [0.1, 0.15) is 6.04 Å². The number of carbonyl (C=O) groups is 2. The summed E-state index contributed by atoms with van der Waals surface area (Å²) in [4.78, 5) is 27.8. The van der Waals surface area contributed by atoms with E-state index in [1.165, 1.54) is 16.2 Å². The van der Waals surface area contributed by atoms with Crippen molar-refractivity contribution < 1.29 is 9.59 Å². The Kier molecular flexibility index (Phi) is 7.05. The third-order valence-electron chi connectivity index (χ3n) is 5.13. The highest BCUT2D eigenvalue weighted by atomic mass is 32.1. The number of hydrogen-bond acceptors (Lipinski definition) is 3. The Morgan fingerprint density at radius 1 is 1.08 bits per heavy atom. The maximum absolute atomic E-state index is 12.8. The van der Waals surface area contributed by atoms with Gasteiger partial charge < -0.3 is 10.6 Å². The molecule has 1 aliphatic rings. The lowest BCUT2D eigenvalue weighted by Crippen LogP contribution is -2.51. The first-order valence-electron chi connectivity index (χ1n) is 9.47. The molecule has 0 aliphatic heterocycles. The SMILES string of the molecule is Cc1cc(C(C)NC(=O)C(NC(=O)C2CCCCC2)C(C)C)c(C)s1. The van der Waals surface area contributed by atoms with E-state index in [0.29, 0.717) is 0 Å². The maximum Gasteiger partial charge on any atom is 0.243 e. The number of nitrogens with one attached hydrogen (secondary N) is 2. The van der Waals surface area contributed by atoms with E-state index < -0.39 is 6.04 Å². The molecule has 2 atom stereocenters. The topological polar surface area (TPSA) is 58.2 Å². The number of aryl methyl sites for hydroxylation is 2. The van der Waals surface area contributed by atoms with Crippen LogP contribution in [0.15, 0.2) is 6.07 Å². The van der Waals surface area contributed by atoms with Gasteiger partial charge in [0.05, 0.1) is 6.04 Å². The summed E-state index contributed by atoms with van der Waals surface area (Å²) in [6, 6.07) is 1.61. The largest absolute Gasteiger partial charge is 0.348 e. The molecule has 0 aromatic carbocycles. The zero-order chi connectivity index (χ0) is 18.6. The molecule has 25 heavy (non-hydrogen) atoms. The summed E-state index contributed by atoms with van der Waals surface area (Å²) < 4.78 is 0. The first-order valence-corrected chi connectivity index (χ1v) is 10.3. The second-order valence-electron chi connectivity index (χ2n) is 7.66. The highest BCUT2D eigenvalue weighted by Crippen LogP contribution is 2.27. The van der Waals surface area contributed by atoms with Crippen LogP contribution in [0.3, 0.4) is 0 Å². The van der Waals surface area contributed by atoms with Crippen LogP contribution >= 0.6 is 11.3 Å². The molecule has 2 unspecified atom stereocenters. The van der Waals surface area contributed by atoms with Crippen molar-refractivity contribution in [1.29, 1.82) is 0 Å². The smallest absolute Gasteiger partial charge is 0.243 e. The van der Waals surface area contributed by atoms with Crippen LogP contribution in [0, 0.1) is 25.7 Å². The zero-order valence-corrected chi connectivity index (χ0v) is 17.0. The van der Waals surface area contributed by atoms with Gasteiger partial charge in [-0.05, 0) is 51.2 Å². The average molecular weight is 365 g/mol. The Labute approximate surface area is 155 Å². The first-order chi connectivity index (χ1) is 11.8. The van der Waals surface area contributed by atoms with Crippen LogP contribution in [0.1, 0.15) is 74.2 Å². The summed E-state index contributed by atoms with van der Waals surface area (Å²) in [6.45, 7) is 10.1. The third kappa shape index (κ3) is 5.30. The van der Waals surface area contributed by atoms with E-state index in [1.54, 1.807) is 11.3 Å². The number of rotatable bonds is 6. The van der Waals surface area contributed by atoms with Crippen molar-refractivity contribution in [3.63, 3.8) is 0 Å². The summed E-state index contributed by atoms with van der Waals surface area (Å²) in [6.07, 6.45) is 5.34. The molecule has 0 spiro atoms. The van der Waals surface area contributed by atoms with Gasteiger partial charge >= 0.3 is 0 Å². The number of amides is 2. The minimum atomic E-state index is -0.475.